The Kier molecular flexibility index (Phi) is 9.73. The summed E-state index contributed by atoms with van der Waals surface area (Å²) in [6.45, 7) is 10.3. The molecule has 1 aliphatic heterocycles. The van der Waals surface area contributed by atoms with E-state index in [9.17, 15) is 14.4 Å². The first-order chi connectivity index (χ1) is 19.9. The number of nitrogens with one attached hydrogen (secondary N) is 2. The van der Waals surface area contributed by atoms with Crippen molar-refractivity contribution in [3.05, 3.63) is 95.3 Å². The third-order valence-electron chi connectivity index (χ3n) is 7.05. The van der Waals surface area contributed by atoms with Crippen LogP contribution in [-0.4, -0.2) is 57.7 Å². The van der Waals surface area contributed by atoms with E-state index in [0.717, 1.165) is 17.7 Å². The number of ether oxygens (including phenoxy) is 2. The van der Waals surface area contributed by atoms with Gasteiger partial charge in [-0.25, -0.2) is 4.79 Å². The minimum atomic E-state index is -1.33. The van der Waals surface area contributed by atoms with Crippen LogP contribution in [0.25, 0.3) is 0 Å². The maximum Gasteiger partial charge on any atom is 0.408 e. The third kappa shape index (κ3) is 8.45. The van der Waals surface area contributed by atoms with Crippen molar-refractivity contribution in [2.24, 2.45) is 0 Å². The maximum atomic E-state index is 13.9. The molecule has 42 heavy (non-hydrogen) atoms. The molecule has 1 aliphatic rings. The lowest BCUT2D eigenvalue weighted by Crippen LogP contribution is -2.60. The molecule has 224 valence electrons. The van der Waals surface area contributed by atoms with Crippen molar-refractivity contribution in [1.29, 1.82) is 0 Å². The van der Waals surface area contributed by atoms with Crippen molar-refractivity contribution >= 4 is 17.9 Å². The zero-order valence-corrected chi connectivity index (χ0v) is 25.2. The summed E-state index contributed by atoms with van der Waals surface area (Å²) in [6.07, 6.45) is 2.08. The predicted molar refractivity (Wildman–Crippen MR) is 161 cm³/mol. The molecule has 9 heteroatoms. The predicted octanol–water partition coefficient (Wildman–Crippen LogP) is 4.43. The van der Waals surface area contributed by atoms with Crippen LogP contribution in [0, 0.1) is 0 Å². The smallest absolute Gasteiger partial charge is 0.408 e. The van der Waals surface area contributed by atoms with Gasteiger partial charge in [0.05, 0.1) is 19.8 Å². The minimum absolute atomic E-state index is 0.0175. The molecular weight excluding hydrogens is 532 g/mol. The molecule has 2 aromatic carbocycles. The standard InChI is InChI=1S/C33H42N4O5/c1-32(2,3)42-31(40)35-33(4,5)30(39)34-27(23-41-22-25-14-10-7-11-15-25)29(38)37-19-17-26-16-18-36(28(26)21-37)20-24-12-8-6-9-13-24/h6-16,18,27H,17,19-23H2,1-5H3,(H,34,39)(H,35,40)/t27-/m1/s1. The molecule has 1 atom stereocenters. The van der Waals surface area contributed by atoms with E-state index in [1.165, 1.54) is 11.1 Å². The summed E-state index contributed by atoms with van der Waals surface area (Å²) in [7, 11) is 0. The molecule has 3 aromatic rings. The Morgan fingerprint density at radius 3 is 2.19 bits per heavy atom. The van der Waals surface area contributed by atoms with Gasteiger partial charge in [-0.15, -0.1) is 0 Å². The molecule has 1 aromatic heterocycles. The fourth-order valence-corrected chi connectivity index (χ4v) is 4.82. The molecule has 2 heterocycles. The monoisotopic (exact) mass is 574 g/mol. The highest BCUT2D eigenvalue weighted by Crippen LogP contribution is 2.22. The van der Waals surface area contributed by atoms with E-state index in [2.05, 4.69) is 39.6 Å². The van der Waals surface area contributed by atoms with Crippen LogP contribution in [0.3, 0.4) is 0 Å². The number of amides is 3. The van der Waals surface area contributed by atoms with E-state index in [4.69, 9.17) is 9.47 Å². The van der Waals surface area contributed by atoms with Crippen LogP contribution in [0.2, 0.25) is 0 Å². The number of fused-ring (bicyclic) bond motifs is 1. The van der Waals surface area contributed by atoms with E-state index < -0.39 is 29.2 Å². The second-order valence-corrected chi connectivity index (χ2v) is 12.2. The minimum Gasteiger partial charge on any atom is -0.444 e. The molecule has 0 radical (unpaired) electrons. The number of aromatic nitrogens is 1. The summed E-state index contributed by atoms with van der Waals surface area (Å²) in [4.78, 5) is 41.5. The van der Waals surface area contributed by atoms with E-state index in [1.54, 1.807) is 39.5 Å². The molecule has 0 spiro atoms. The van der Waals surface area contributed by atoms with Crippen LogP contribution >= 0.6 is 0 Å². The molecule has 0 saturated carbocycles. The lowest BCUT2D eigenvalue weighted by atomic mass is 10.0. The molecule has 0 fully saturated rings. The largest absolute Gasteiger partial charge is 0.444 e. The molecule has 3 amide bonds. The summed E-state index contributed by atoms with van der Waals surface area (Å²) in [5, 5.41) is 5.47. The van der Waals surface area contributed by atoms with E-state index in [1.807, 2.05) is 48.5 Å². The normalized spacial score (nSPS) is 14.1. The summed E-state index contributed by atoms with van der Waals surface area (Å²) >= 11 is 0. The van der Waals surface area contributed by atoms with Gasteiger partial charge in [0.15, 0.2) is 0 Å². The van der Waals surface area contributed by atoms with Crippen molar-refractivity contribution in [2.45, 2.75) is 77.9 Å². The van der Waals surface area contributed by atoms with Gasteiger partial charge in [0.25, 0.3) is 0 Å². The Balaban J connectivity index is 1.47. The number of alkyl carbamates (subject to hydrolysis) is 1. The Hall–Kier alpha value is -4.11. The SMILES string of the molecule is CC(C)(C)OC(=O)NC(C)(C)C(=O)N[C@H](COCc1ccccc1)C(=O)N1CCc2ccn(Cc3ccccc3)c2C1. The Bertz CT molecular complexity index is 1360. The fourth-order valence-electron chi connectivity index (χ4n) is 4.82. The second kappa shape index (κ2) is 13.2. The second-order valence-electron chi connectivity index (χ2n) is 12.2. The number of hydrogen-bond donors (Lipinski definition) is 2. The van der Waals surface area contributed by atoms with Crippen molar-refractivity contribution in [3.63, 3.8) is 0 Å². The number of benzene rings is 2. The number of carbonyl (C=O) groups is 3. The van der Waals surface area contributed by atoms with Crippen LogP contribution in [0.5, 0.6) is 0 Å². The molecule has 0 saturated heterocycles. The highest BCUT2D eigenvalue weighted by atomic mass is 16.6. The lowest BCUT2D eigenvalue weighted by Gasteiger charge is -2.33. The summed E-state index contributed by atoms with van der Waals surface area (Å²) in [5.41, 5.74) is 2.40. The Labute approximate surface area is 248 Å². The van der Waals surface area contributed by atoms with Gasteiger partial charge < -0.3 is 29.6 Å². The molecular formula is C33H42N4O5. The van der Waals surface area contributed by atoms with Gasteiger partial charge in [0.2, 0.25) is 11.8 Å². The van der Waals surface area contributed by atoms with E-state index in [-0.39, 0.29) is 12.5 Å². The molecule has 4 rings (SSSR count). The highest BCUT2D eigenvalue weighted by Gasteiger charge is 2.36. The van der Waals surface area contributed by atoms with Crippen LogP contribution in [0.1, 0.15) is 57.0 Å². The van der Waals surface area contributed by atoms with Gasteiger partial charge in [0, 0.05) is 25.0 Å². The average Bonchev–Trinajstić information content (AvgIpc) is 3.33. The van der Waals surface area contributed by atoms with Gasteiger partial charge in [-0.3, -0.25) is 9.59 Å². The van der Waals surface area contributed by atoms with Crippen molar-refractivity contribution in [1.82, 2.24) is 20.1 Å². The van der Waals surface area contributed by atoms with Gasteiger partial charge in [0.1, 0.15) is 17.2 Å². The maximum absolute atomic E-state index is 13.9. The van der Waals surface area contributed by atoms with E-state index >= 15 is 0 Å². The summed E-state index contributed by atoms with van der Waals surface area (Å²) in [6, 6.07) is 21.0. The number of nitrogens with zero attached hydrogens (tertiary/aromatic N) is 2. The lowest BCUT2D eigenvalue weighted by molar-refractivity contribution is -0.140. The van der Waals surface area contributed by atoms with Crippen molar-refractivity contribution in [3.8, 4) is 0 Å². The molecule has 0 bridgehead atoms. The van der Waals surface area contributed by atoms with Crippen LogP contribution in [-0.2, 0) is 45.2 Å². The highest BCUT2D eigenvalue weighted by molar-refractivity contribution is 5.93. The van der Waals surface area contributed by atoms with E-state index in [0.29, 0.717) is 26.2 Å². The first kappa shape index (κ1) is 30.8. The number of hydrogen-bond acceptors (Lipinski definition) is 5. The molecule has 9 nitrogen and oxygen atoms in total. The van der Waals surface area contributed by atoms with Crippen molar-refractivity contribution in [2.75, 3.05) is 13.2 Å². The molecule has 0 aliphatic carbocycles. The first-order valence-electron chi connectivity index (χ1n) is 14.3. The van der Waals surface area contributed by atoms with Crippen LogP contribution in [0.4, 0.5) is 4.79 Å². The van der Waals surface area contributed by atoms with Crippen molar-refractivity contribution < 1.29 is 23.9 Å². The Morgan fingerprint density at radius 1 is 0.905 bits per heavy atom. The zero-order valence-electron chi connectivity index (χ0n) is 25.2. The average molecular weight is 575 g/mol. The topological polar surface area (TPSA) is 102 Å². The van der Waals surface area contributed by atoms with Gasteiger partial charge in [-0.1, -0.05) is 60.7 Å². The van der Waals surface area contributed by atoms with Gasteiger partial charge >= 0.3 is 6.09 Å². The Morgan fingerprint density at radius 2 is 1.55 bits per heavy atom. The number of rotatable bonds is 10. The van der Waals surface area contributed by atoms with Gasteiger partial charge in [-0.05, 0) is 63.8 Å². The quantitative estimate of drug-likeness (QED) is 0.373. The summed E-state index contributed by atoms with van der Waals surface area (Å²) in [5.74, 6) is -0.747. The number of carbonyl (C=O) groups excluding carboxylic acids is 3. The zero-order chi connectivity index (χ0) is 30.3. The van der Waals surface area contributed by atoms with Crippen LogP contribution < -0.4 is 10.6 Å². The fraction of sp³-hybridized carbons (Fsp3) is 0.424. The van der Waals surface area contributed by atoms with Gasteiger partial charge in [-0.2, -0.15) is 0 Å². The third-order valence-corrected chi connectivity index (χ3v) is 7.05. The summed E-state index contributed by atoms with van der Waals surface area (Å²) < 4.78 is 13.4. The van der Waals surface area contributed by atoms with Crippen LogP contribution in [0.15, 0.2) is 72.9 Å². The first-order valence-corrected chi connectivity index (χ1v) is 14.3. The molecule has 2 N–H and O–H groups in total. The molecule has 0 unspecified atom stereocenters.